The quantitative estimate of drug-likeness (QED) is 0.701. The fourth-order valence-electron chi connectivity index (χ4n) is 2.80. The van der Waals surface area contributed by atoms with Gasteiger partial charge >= 0.3 is 0 Å². The van der Waals surface area contributed by atoms with Crippen LogP contribution in [0.4, 0.5) is 0 Å². The average Bonchev–Trinajstić information content (AvgIpc) is 2.13. The number of hydrogen-bond donors (Lipinski definition) is 0. The van der Waals surface area contributed by atoms with E-state index in [1.807, 2.05) is 0 Å². The molecule has 2 aliphatic heterocycles. The van der Waals surface area contributed by atoms with Gasteiger partial charge in [0, 0.05) is 13.1 Å². The molecule has 0 N–H and O–H groups in total. The van der Waals surface area contributed by atoms with Gasteiger partial charge in [-0.25, -0.2) is 0 Å². The van der Waals surface area contributed by atoms with Gasteiger partial charge in [-0.05, 0) is 57.3 Å². The van der Waals surface area contributed by atoms with Gasteiger partial charge in [0.05, 0.1) is 0 Å². The van der Waals surface area contributed by atoms with Gasteiger partial charge in [0.25, 0.3) is 0 Å². The lowest BCUT2D eigenvalue weighted by Crippen LogP contribution is -2.44. The second kappa shape index (κ2) is 5.31. The highest BCUT2D eigenvalue weighted by atomic mass is 15.2. The van der Waals surface area contributed by atoms with E-state index in [0.717, 1.165) is 11.8 Å². The number of nitrogens with zero attached hydrogens (tertiary/aromatic N) is 2. The van der Waals surface area contributed by atoms with Crippen LogP contribution in [0.5, 0.6) is 0 Å². The van der Waals surface area contributed by atoms with E-state index in [9.17, 15) is 0 Å². The third-order valence-electron chi connectivity index (χ3n) is 3.80. The molecule has 2 rings (SSSR count). The van der Waals surface area contributed by atoms with Crippen LogP contribution in [0.3, 0.4) is 0 Å². The molecule has 0 spiro atoms. The second-order valence-electron chi connectivity index (χ2n) is 5.79. The van der Waals surface area contributed by atoms with Gasteiger partial charge in [0.2, 0.25) is 0 Å². The van der Waals surface area contributed by atoms with E-state index in [0.29, 0.717) is 0 Å². The van der Waals surface area contributed by atoms with Crippen molar-refractivity contribution in [2.75, 3.05) is 39.3 Å². The Morgan fingerprint density at radius 3 is 2.13 bits per heavy atom. The molecule has 0 radical (unpaired) electrons. The first kappa shape index (κ1) is 11.4. The molecule has 2 aliphatic rings. The second-order valence-corrected chi connectivity index (χ2v) is 5.79. The third-order valence-corrected chi connectivity index (χ3v) is 3.80. The van der Waals surface area contributed by atoms with Crippen molar-refractivity contribution in [1.82, 2.24) is 9.80 Å². The van der Waals surface area contributed by atoms with Crippen LogP contribution in [0.1, 0.15) is 33.1 Å². The summed E-state index contributed by atoms with van der Waals surface area (Å²) >= 11 is 0. The zero-order chi connectivity index (χ0) is 10.7. The van der Waals surface area contributed by atoms with Crippen LogP contribution in [0, 0.1) is 11.8 Å². The summed E-state index contributed by atoms with van der Waals surface area (Å²) < 4.78 is 0. The topological polar surface area (TPSA) is 6.48 Å². The fraction of sp³-hybridized carbons (Fsp3) is 1.00. The van der Waals surface area contributed by atoms with Crippen molar-refractivity contribution in [2.45, 2.75) is 33.1 Å². The predicted molar refractivity (Wildman–Crippen MR) is 65.1 cm³/mol. The summed E-state index contributed by atoms with van der Waals surface area (Å²) in [6, 6.07) is 0. The van der Waals surface area contributed by atoms with E-state index in [2.05, 4.69) is 23.6 Å². The molecule has 0 aromatic heterocycles. The van der Waals surface area contributed by atoms with Gasteiger partial charge in [0.1, 0.15) is 0 Å². The first-order valence-electron chi connectivity index (χ1n) is 6.69. The van der Waals surface area contributed by atoms with E-state index in [1.54, 1.807) is 0 Å². The molecule has 88 valence electrons. The van der Waals surface area contributed by atoms with Crippen molar-refractivity contribution in [3.63, 3.8) is 0 Å². The van der Waals surface area contributed by atoms with Crippen LogP contribution in [0.25, 0.3) is 0 Å². The Kier molecular flexibility index (Phi) is 4.04. The molecule has 15 heavy (non-hydrogen) atoms. The molecule has 0 aromatic carbocycles. The zero-order valence-corrected chi connectivity index (χ0v) is 10.4. The summed E-state index contributed by atoms with van der Waals surface area (Å²) in [7, 11) is 0. The summed E-state index contributed by atoms with van der Waals surface area (Å²) in [6.07, 6.45) is 4.30. The molecule has 0 atom stereocenters. The highest BCUT2D eigenvalue weighted by Crippen LogP contribution is 2.21. The van der Waals surface area contributed by atoms with Crippen LogP contribution < -0.4 is 0 Å². The Hall–Kier alpha value is -0.0800. The molecule has 0 aliphatic carbocycles. The molecule has 0 amide bonds. The lowest BCUT2D eigenvalue weighted by Gasteiger charge is -2.38. The van der Waals surface area contributed by atoms with Crippen molar-refractivity contribution >= 4 is 0 Å². The van der Waals surface area contributed by atoms with E-state index >= 15 is 0 Å². The van der Waals surface area contributed by atoms with Crippen LogP contribution in [-0.2, 0) is 0 Å². The van der Waals surface area contributed by atoms with Crippen LogP contribution in [0.15, 0.2) is 0 Å². The maximum atomic E-state index is 2.65. The summed E-state index contributed by atoms with van der Waals surface area (Å²) in [5, 5.41) is 0. The normalized spacial score (nSPS) is 25.8. The number of hydrogen-bond acceptors (Lipinski definition) is 2. The molecule has 2 saturated heterocycles. The van der Waals surface area contributed by atoms with Crippen molar-refractivity contribution in [2.24, 2.45) is 11.8 Å². The molecule has 2 fully saturated rings. The van der Waals surface area contributed by atoms with E-state index in [1.165, 1.54) is 58.5 Å². The van der Waals surface area contributed by atoms with Crippen molar-refractivity contribution in [1.29, 1.82) is 0 Å². The molecule has 0 bridgehead atoms. The van der Waals surface area contributed by atoms with Gasteiger partial charge in [0.15, 0.2) is 0 Å². The van der Waals surface area contributed by atoms with Crippen LogP contribution in [0.2, 0.25) is 0 Å². The van der Waals surface area contributed by atoms with Gasteiger partial charge in [-0.15, -0.1) is 0 Å². The Morgan fingerprint density at radius 1 is 1.00 bits per heavy atom. The lowest BCUT2D eigenvalue weighted by molar-refractivity contribution is 0.104. The third kappa shape index (κ3) is 3.46. The molecular formula is C13H26N2. The minimum atomic E-state index is 0.830. The minimum absolute atomic E-state index is 0.830. The average molecular weight is 210 g/mol. The number of rotatable bonds is 4. The number of piperidine rings is 1. The van der Waals surface area contributed by atoms with E-state index < -0.39 is 0 Å². The van der Waals surface area contributed by atoms with Crippen molar-refractivity contribution in [3.8, 4) is 0 Å². The first-order chi connectivity index (χ1) is 7.24. The Bertz CT molecular complexity index is 179. The SMILES string of the molecule is CC(C)CN1CCC(CN2CCC2)CC1. The Labute approximate surface area is 94.6 Å². The number of likely N-dealkylation sites (tertiary alicyclic amines) is 2. The summed E-state index contributed by atoms with van der Waals surface area (Å²) in [6.45, 7) is 12.8. The molecule has 2 nitrogen and oxygen atoms in total. The molecular weight excluding hydrogens is 184 g/mol. The first-order valence-corrected chi connectivity index (χ1v) is 6.69. The molecule has 0 aromatic rings. The van der Waals surface area contributed by atoms with Gasteiger partial charge in [-0.2, -0.15) is 0 Å². The minimum Gasteiger partial charge on any atom is -0.303 e. The van der Waals surface area contributed by atoms with Gasteiger partial charge in [-0.1, -0.05) is 13.8 Å². The Balaban J connectivity index is 1.62. The van der Waals surface area contributed by atoms with Crippen LogP contribution in [-0.4, -0.2) is 49.1 Å². The fourth-order valence-corrected chi connectivity index (χ4v) is 2.80. The maximum Gasteiger partial charge on any atom is 0.00106 e. The van der Waals surface area contributed by atoms with Gasteiger partial charge in [-0.3, -0.25) is 0 Å². The predicted octanol–water partition coefficient (Wildman–Crippen LogP) is 2.06. The van der Waals surface area contributed by atoms with Crippen LogP contribution >= 0.6 is 0 Å². The summed E-state index contributed by atoms with van der Waals surface area (Å²) in [5.41, 5.74) is 0. The van der Waals surface area contributed by atoms with Crippen molar-refractivity contribution in [3.05, 3.63) is 0 Å². The Morgan fingerprint density at radius 2 is 1.67 bits per heavy atom. The lowest BCUT2D eigenvalue weighted by atomic mass is 9.94. The maximum absolute atomic E-state index is 2.65. The van der Waals surface area contributed by atoms with Crippen molar-refractivity contribution < 1.29 is 0 Å². The van der Waals surface area contributed by atoms with E-state index in [-0.39, 0.29) is 0 Å². The molecule has 0 unspecified atom stereocenters. The smallest absolute Gasteiger partial charge is 0.00106 e. The summed E-state index contributed by atoms with van der Waals surface area (Å²) in [4.78, 5) is 5.28. The monoisotopic (exact) mass is 210 g/mol. The summed E-state index contributed by atoms with van der Waals surface area (Å²) in [5.74, 6) is 1.82. The van der Waals surface area contributed by atoms with E-state index in [4.69, 9.17) is 0 Å². The molecule has 2 heterocycles. The molecule has 2 heteroatoms. The standard InChI is InChI=1S/C13H26N2/c1-12(2)10-15-8-4-13(5-9-15)11-14-6-3-7-14/h12-13H,3-11H2,1-2H3. The zero-order valence-electron chi connectivity index (χ0n) is 10.4. The molecule has 0 saturated carbocycles. The highest BCUT2D eigenvalue weighted by Gasteiger charge is 2.23. The highest BCUT2D eigenvalue weighted by molar-refractivity contribution is 4.78. The largest absolute Gasteiger partial charge is 0.303 e. The van der Waals surface area contributed by atoms with Gasteiger partial charge < -0.3 is 9.80 Å².